The maximum absolute atomic E-state index is 5.99. The summed E-state index contributed by atoms with van der Waals surface area (Å²) in [6.45, 7) is 4.17. The molecule has 0 amide bonds. The van der Waals surface area contributed by atoms with Crippen molar-refractivity contribution >= 4 is 11.3 Å². The molecule has 0 spiro atoms. The lowest BCUT2D eigenvalue weighted by Crippen LogP contribution is -2.85. The van der Waals surface area contributed by atoms with Gasteiger partial charge in [0, 0.05) is 11.1 Å². The zero-order valence-corrected chi connectivity index (χ0v) is 16.2. The molecule has 0 saturated heterocycles. The quantitative estimate of drug-likeness (QED) is 0.538. The zero-order valence-electron chi connectivity index (χ0n) is 15.4. The molecule has 0 aliphatic heterocycles. The normalized spacial score (nSPS) is 13.4. The molecule has 0 aliphatic carbocycles. The topological polar surface area (TPSA) is 55.5 Å². The number of aryl methyl sites for hydroxylation is 1. The van der Waals surface area contributed by atoms with E-state index >= 15 is 0 Å². The van der Waals surface area contributed by atoms with E-state index in [0.29, 0.717) is 11.8 Å². The second-order valence-corrected chi connectivity index (χ2v) is 7.68. The monoisotopic (exact) mass is 376 g/mol. The van der Waals surface area contributed by atoms with Crippen LogP contribution >= 0.6 is 11.3 Å². The van der Waals surface area contributed by atoms with Crippen molar-refractivity contribution in [3.05, 3.63) is 94.0 Å². The van der Waals surface area contributed by atoms with Crippen molar-refractivity contribution in [3.8, 4) is 11.5 Å². The van der Waals surface area contributed by atoms with Crippen LogP contribution in [0.5, 0.6) is 0 Å². The standard InChI is InChI=1S/C22H21N3OS/c1-15-8-6-11-18(14-15)22-25-24-21(26-22)16(2)23-20(19-12-7-13-27-19)17-9-4-3-5-10-17/h3-14,16,20,23H,1-2H3/p+1/t16-,20+/m1/s1. The van der Waals surface area contributed by atoms with Crippen molar-refractivity contribution in [2.45, 2.75) is 25.9 Å². The summed E-state index contributed by atoms with van der Waals surface area (Å²) in [6, 6.07) is 23.2. The first kappa shape index (κ1) is 17.6. The molecule has 2 aromatic carbocycles. The maximum Gasteiger partial charge on any atom is 0.274 e. The Kier molecular flexibility index (Phi) is 5.14. The zero-order chi connectivity index (χ0) is 18.6. The minimum Gasteiger partial charge on any atom is -0.415 e. The second-order valence-electron chi connectivity index (χ2n) is 6.70. The van der Waals surface area contributed by atoms with Gasteiger partial charge in [-0.05, 0) is 37.4 Å². The Labute approximate surface area is 162 Å². The van der Waals surface area contributed by atoms with Gasteiger partial charge in [-0.3, -0.25) is 0 Å². The molecule has 136 valence electrons. The van der Waals surface area contributed by atoms with Gasteiger partial charge in [0.15, 0.2) is 6.04 Å². The average Bonchev–Trinajstić information content (AvgIpc) is 3.39. The highest BCUT2D eigenvalue weighted by Crippen LogP contribution is 2.25. The summed E-state index contributed by atoms with van der Waals surface area (Å²) in [5.74, 6) is 1.21. The summed E-state index contributed by atoms with van der Waals surface area (Å²) < 4.78 is 5.99. The Balaban J connectivity index is 1.58. The lowest BCUT2D eigenvalue weighted by molar-refractivity contribution is -0.725. The van der Waals surface area contributed by atoms with Crippen LogP contribution in [0.3, 0.4) is 0 Å². The number of aromatic nitrogens is 2. The Morgan fingerprint density at radius 3 is 2.56 bits per heavy atom. The predicted octanol–water partition coefficient (Wildman–Crippen LogP) is 4.52. The number of rotatable bonds is 6. The lowest BCUT2D eigenvalue weighted by Gasteiger charge is -2.17. The van der Waals surface area contributed by atoms with Crippen LogP contribution in [0.25, 0.3) is 11.5 Å². The number of hydrogen-bond donors (Lipinski definition) is 1. The van der Waals surface area contributed by atoms with Gasteiger partial charge < -0.3 is 9.73 Å². The minimum atomic E-state index is 0.0448. The minimum absolute atomic E-state index is 0.0448. The van der Waals surface area contributed by atoms with Crippen LogP contribution in [0.15, 0.2) is 76.5 Å². The molecule has 4 rings (SSSR count). The van der Waals surface area contributed by atoms with Crippen LogP contribution in [-0.2, 0) is 0 Å². The van der Waals surface area contributed by atoms with Gasteiger partial charge in [-0.2, -0.15) is 0 Å². The summed E-state index contributed by atoms with van der Waals surface area (Å²) in [4.78, 5) is 1.31. The molecular formula is C22H22N3OS+. The highest BCUT2D eigenvalue weighted by molar-refractivity contribution is 7.10. The SMILES string of the molecule is Cc1cccc(-c2nnc([C@@H](C)[NH2+][C@@H](c3ccccc3)c3cccs3)o2)c1. The molecule has 0 radical (unpaired) electrons. The lowest BCUT2D eigenvalue weighted by atomic mass is 10.0. The van der Waals surface area contributed by atoms with Crippen molar-refractivity contribution in [2.75, 3.05) is 0 Å². The van der Waals surface area contributed by atoms with Gasteiger partial charge in [-0.25, -0.2) is 0 Å². The molecule has 2 aromatic heterocycles. The van der Waals surface area contributed by atoms with E-state index < -0.39 is 0 Å². The van der Waals surface area contributed by atoms with E-state index in [1.165, 1.54) is 16.0 Å². The molecule has 27 heavy (non-hydrogen) atoms. The molecule has 4 aromatic rings. The number of thiophene rings is 1. The molecule has 2 heterocycles. The molecule has 0 aliphatic rings. The average molecular weight is 377 g/mol. The summed E-state index contributed by atoms with van der Waals surface area (Å²) in [5, 5.41) is 13.0. The number of quaternary nitrogens is 1. The van der Waals surface area contributed by atoms with E-state index in [0.717, 1.165) is 5.56 Å². The fourth-order valence-electron chi connectivity index (χ4n) is 3.18. The van der Waals surface area contributed by atoms with Crippen molar-refractivity contribution in [2.24, 2.45) is 0 Å². The largest absolute Gasteiger partial charge is 0.415 e. The molecule has 2 atom stereocenters. The van der Waals surface area contributed by atoms with Crippen LogP contribution in [0.2, 0.25) is 0 Å². The third-order valence-electron chi connectivity index (χ3n) is 4.58. The fraction of sp³-hybridized carbons (Fsp3) is 0.182. The molecule has 0 fully saturated rings. The molecule has 0 saturated carbocycles. The van der Waals surface area contributed by atoms with Crippen LogP contribution < -0.4 is 5.32 Å². The number of nitrogens with zero attached hydrogens (tertiary/aromatic N) is 2. The van der Waals surface area contributed by atoms with Gasteiger partial charge in [0.2, 0.25) is 5.89 Å². The molecule has 2 N–H and O–H groups in total. The highest BCUT2D eigenvalue weighted by Gasteiger charge is 2.25. The van der Waals surface area contributed by atoms with Gasteiger partial charge in [0.05, 0.1) is 4.88 Å². The van der Waals surface area contributed by atoms with E-state index in [1.807, 2.05) is 18.2 Å². The molecule has 4 nitrogen and oxygen atoms in total. The number of nitrogens with two attached hydrogens (primary N) is 1. The smallest absolute Gasteiger partial charge is 0.274 e. The van der Waals surface area contributed by atoms with E-state index in [4.69, 9.17) is 4.42 Å². The first-order valence-corrected chi connectivity index (χ1v) is 9.92. The summed E-state index contributed by atoms with van der Waals surface area (Å²) in [6.07, 6.45) is 0. The fourth-order valence-corrected chi connectivity index (χ4v) is 4.02. The van der Waals surface area contributed by atoms with Crippen LogP contribution in [0, 0.1) is 6.92 Å². The number of benzene rings is 2. The third kappa shape index (κ3) is 3.99. The Morgan fingerprint density at radius 1 is 0.963 bits per heavy atom. The molecular weight excluding hydrogens is 354 g/mol. The maximum atomic E-state index is 5.99. The van der Waals surface area contributed by atoms with Gasteiger partial charge >= 0.3 is 0 Å². The van der Waals surface area contributed by atoms with E-state index in [-0.39, 0.29) is 12.1 Å². The van der Waals surface area contributed by atoms with Crippen LogP contribution in [0.1, 0.15) is 40.9 Å². The van der Waals surface area contributed by atoms with Crippen LogP contribution in [0.4, 0.5) is 0 Å². The molecule has 0 bridgehead atoms. The van der Waals surface area contributed by atoms with Gasteiger partial charge in [0.25, 0.3) is 5.89 Å². The van der Waals surface area contributed by atoms with Crippen molar-refractivity contribution in [1.29, 1.82) is 0 Å². The third-order valence-corrected chi connectivity index (χ3v) is 5.54. The van der Waals surface area contributed by atoms with Crippen molar-refractivity contribution < 1.29 is 9.73 Å². The van der Waals surface area contributed by atoms with Crippen molar-refractivity contribution in [3.63, 3.8) is 0 Å². The molecule has 5 heteroatoms. The van der Waals surface area contributed by atoms with Crippen molar-refractivity contribution in [1.82, 2.24) is 10.2 Å². The Hall–Kier alpha value is -2.76. The second kappa shape index (κ2) is 7.86. The van der Waals surface area contributed by atoms with Gasteiger partial charge in [0.1, 0.15) is 6.04 Å². The first-order valence-electron chi connectivity index (χ1n) is 9.04. The number of hydrogen-bond acceptors (Lipinski definition) is 4. The summed E-state index contributed by atoms with van der Waals surface area (Å²) in [5.41, 5.74) is 3.40. The summed E-state index contributed by atoms with van der Waals surface area (Å²) in [7, 11) is 0. The van der Waals surface area contributed by atoms with E-state index in [9.17, 15) is 0 Å². The Bertz CT molecular complexity index is 995. The van der Waals surface area contributed by atoms with E-state index in [1.54, 1.807) is 11.3 Å². The van der Waals surface area contributed by atoms with Gasteiger partial charge in [-0.1, -0.05) is 54.1 Å². The molecule has 0 unspecified atom stereocenters. The summed E-state index contributed by atoms with van der Waals surface area (Å²) >= 11 is 1.77. The predicted molar refractivity (Wildman–Crippen MR) is 107 cm³/mol. The van der Waals surface area contributed by atoms with E-state index in [2.05, 4.69) is 83.3 Å². The first-order chi connectivity index (χ1) is 13.2. The highest BCUT2D eigenvalue weighted by atomic mass is 32.1. The van der Waals surface area contributed by atoms with Gasteiger partial charge in [-0.15, -0.1) is 21.5 Å². The van der Waals surface area contributed by atoms with Crippen LogP contribution in [-0.4, -0.2) is 10.2 Å². The Morgan fingerprint density at radius 2 is 1.81 bits per heavy atom.